The molecule has 0 bridgehead atoms. The van der Waals surface area contributed by atoms with E-state index in [4.69, 9.17) is 10.5 Å². The highest BCUT2D eigenvalue weighted by Crippen LogP contribution is 2.24. The van der Waals surface area contributed by atoms with E-state index in [1.165, 1.54) is 0 Å². The van der Waals surface area contributed by atoms with Gasteiger partial charge >= 0.3 is 5.97 Å². The molecule has 0 aromatic rings. The number of carbonyl (C=O) groups excluding carboxylic acids is 1. The van der Waals surface area contributed by atoms with Crippen molar-refractivity contribution >= 4 is 5.97 Å². The summed E-state index contributed by atoms with van der Waals surface area (Å²) in [5.41, 5.74) is 5.54. The van der Waals surface area contributed by atoms with Crippen LogP contribution in [0.3, 0.4) is 0 Å². The zero-order chi connectivity index (χ0) is 10.5. The van der Waals surface area contributed by atoms with Crippen LogP contribution in [0.5, 0.6) is 0 Å². The number of ether oxygens (including phenoxy) is 1. The van der Waals surface area contributed by atoms with Gasteiger partial charge in [-0.15, -0.1) is 0 Å². The van der Waals surface area contributed by atoms with E-state index in [2.05, 4.69) is 6.58 Å². The second-order valence-corrected chi connectivity index (χ2v) is 4.01. The van der Waals surface area contributed by atoms with Gasteiger partial charge in [0.05, 0.1) is 6.61 Å². The van der Waals surface area contributed by atoms with Crippen LogP contribution >= 0.6 is 0 Å². The van der Waals surface area contributed by atoms with Gasteiger partial charge in [-0.25, -0.2) is 4.79 Å². The largest absolute Gasteiger partial charge is 0.462 e. The van der Waals surface area contributed by atoms with Crippen LogP contribution in [0.25, 0.3) is 0 Å². The highest BCUT2D eigenvalue weighted by molar-refractivity contribution is 5.88. The minimum absolute atomic E-state index is 0.222. The molecule has 0 aromatic carbocycles. The minimum Gasteiger partial charge on any atom is -0.462 e. The monoisotopic (exact) mass is 185 g/mol. The van der Waals surface area contributed by atoms with E-state index >= 15 is 0 Å². The Kier molecular flexibility index (Phi) is 4.70. The first-order valence-electron chi connectivity index (χ1n) is 4.46. The smallest absolute Gasteiger partial charge is 0.333 e. The van der Waals surface area contributed by atoms with Crippen molar-refractivity contribution in [2.24, 2.45) is 11.1 Å². The molecule has 3 heteroatoms. The summed E-state index contributed by atoms with van der Waals surface area (Å²) in [7, 11) is 0. The summed E-state index contributed by atoms with van der Waals surface area (Å²) < 4.78 is 4.95. The zero-order valence-electron chi connectivity index (χ0n) is 8.72. The van der Waals surface area contributed by atoms with Gasteiger partial charge in [-0.05, 0) is 18.4 Å². The van der Waals surface area contributed by atoms with Crippen LogP contribution < -0.4 is 5.73 Å². The summed E-state index contributed by atoms with van der Waals surface area (Å²) >= 11 is 0. The molecule has 0 unspecified atom stereocenters. The number of rotatable bonds is 4. The molecular weight excluding hydrogens is 166 g/mol. The van der Waals surface area contributed by atoms with Gasteiger partial charge < -0.3 is 10.5 Å². The summed E-state index contributed by atoms with van der Waals surface area (Å²) in [6, 6.07) is 0. The Morgan fingerprint density at radius 2 is 2.00 bits per heavy atom. The number of hydrogen-bond acceptors (Lipinski definition) is 3. The van der Waals surface area contributed by atoms with Gasteiger partial charge in [0.25, 0.3) is 0 Å². The molecule has 0 saturated heterocycles. The molecule has 0 rings (SSSR count). The molecule has 2 N–H and O–H groups in total. The Labute approximate surface area is 79.9 Å². The van der Waals surface area contributed by atoms with Crippen molar-refractivity contribution < 1.29 is 9.53 Å². The Bertz CT molecular complexity index is 192. The summed E-state index contributed by atoms with van der Waals surface area (Å²) in [5.74, 6) is -0.319. The predicted molar refractivity (Wildman–Crippen MR) is 53.2 cm³/mol. The molecule has 0 atom stereocenters. The maximum Gasteiger partial charge on any atom is 0.333 e. The molecule has 0 aliphatic rings. The Morgan fingerprint density at radius 3 is 2.38 bits per heavy atom. The topological polar surface area (TPSA) is 52.3 Å². The molecule has 0 aliphatic carbocycles. The molecule has 0 heterocycles. The van der Waals surface area contributed by atoms with Crippen molar-refractivity contribution in [3.8, 4) is 0 Å². The summed E-state index contributed by atoms with van der Waals surface area (Å²) in [6.07, 6.45) is 0.698. The zero-order valence-corrected chi connectivity index (χ0v) is 8.72. The van der Waals surface area contributed by atoms with Crippen LogP contribution in [0.15, 0.2) is 12.2 Å². The van der Waals surface area contributed by atoms with Gasteiger partial charge in [-0.1, -0.05) is 27.4 Å². The summed E-state index contributed by atoms with van der Waals surface area (Å²) in [4.78, 5) is 11.3. The second-order valence-electron chi connectivity index (χ2n) is 4.01. The van der Waals surface area contributed by atoms with E-state index in [0.717, 1.165) is 0 Å². The average Bonchev–Trinajstić information content (AvgIpc) is 2.01. The van der Waals surface area contributed by atoms with Crippen molar-refractivity contribution in [2.75, 3.05) is 13.2 Å². The molecule has 0 amide bonds. The maximum atomic E-state index is 11.3. The van der Waals surface area contributed by atoms with Crippen molar-refractivity contribution in [1.82, 2.24) is 0 Å². The van der Waals surface area contributed by atoms with Gasteiger partial charge in [0, 0.05) is 5.57 Å². The van der Waals surface area contributed by atoms with Crippen molar-refractivity contribution in [2.45, 2.75) is 27.2 Å². The van der Waals surface area contributed by atoms with E-state index in [9.17, 15) is 4.79 Å². The van der Waals surface area contributed by atoms with E-state index in [1.807, 2.05) is 20.8 Å². The lowest BCUT2D eigenvalue weighted by atomic mass is 9.88. The fourth-order valence-corrected chi connectivity index (χ4v) is 0.642. The minimum atomic E-state index is -0.319. The van der Waals surface area contributed by atoms with Crippen molar-refractivity contribution in [3.05, 3.63) is 12.2 Å². The van der Waals surface area contributed by atoms with Crippen LogP contribution in [0.2, 0.25) is 0 Å². The van der Waals surface area contributed by atoms with E-state index in [1.54, 1.807) is 0 Å². The third-order valence-corrected chi connectivity index (χ3v) is 1.73. The normalized spacial score (nSPS) is 11.1. The molecule has 0 fully saturated rings. The van der Waals surface area contributed by atoms with Crippen molar-refractivity contribution in [3.63, 3.8) is 0 Å². The number of nitrogens with two attached hydrogens (primary N) is 1. The molecule has 3 nitrogen and oxygen atoms in total. The van der Waals surface area contributed by atoms with E-state index in [-0.39, 0.29) is 11.4 Å². The lowest BCUT2D eigenvalue weighted by Gasteiger charge is -2.19. The molecule has 0 saturated carbocycles. The molecule has 76 valence electrons. The number of esters is 1. The van der Waals surface area contributed by atoms with Crippen LogP contribution in [0, 0.1) is 5.41 Å². The van der Waals surface area contributed by atoms with Crippen molar-refractivity contribution in [1.29, 1.82) is 0 Å². The Morgan fingerprint density at radius 1 is 1.46 bits per heavy atom. The highest BCUT2D eigenvalue weighted by Gasteiger charge is 2.22. The molecular formula is C10H19NO2. The predicted octanol–water partition coefficient (Wildman–Crippen LogP) is 1.48. The number of hydrogen-bond donors (Lipinski definition) is 1. The van der Waals surface area contributed by atoms with Crippen LogP contribution in [-0.2, 0) is 9.53 Å². The van der Waals surface area contributed by atoms with Gasteiger partial charge in [-0.2, -0.15) is 0 Å². The summed E-state index contributed by atoms with van der Waals surface area (Å²) in [6.45, 7) is 10.4. The Hall–Kier alpha value is -0.830. The lowest BCUT2D eigenvalue weighted by Crippen LogP contribution is -2.20. The average molecular weight is 185 g/mol. The molecule has 0 aromatic heterocycles. The Balaban J connectivity index is 3.92. The third kappa shape index (κ3) is 4.68. The van der Waals surface area contributed by atoms with Gasteiger partial charge in [-0.3, -0.25) is 0 Å². The molecule has 0 spiro atoms. The maximum absolute atomic E-state index is 11.3. The van der Waals surface area contributed by atoms with Gasteiger partial charge in [0.15, 0.2) is 0 Å². The molecule has 0 aliphatic heterocycles. The standard InChI is InChI=1S/C10H19NO2/c1-8(10(2,3)4)9(12)13-7-5-6-11/h1,5-7,11H2,2-4H3. The first kappa shape index (κ1) is 12.2. The van der Waals surface area contributed by atoms with E-state index < -0.39 is 0 Å². The fraction of sp³-hybridized carbons (Fsp3) is 0.700. The first-order chi connectivity index (χ1) is 5.89. The van der Waals surface area contributed by atoms with Crippen LogP contribution in [-0.4, -0.2) is 19.1 Å². The van der Waals surface area contributed by atoms with Crippen LogP contribution in [0.1, 0.15) is 27.2 Å². The van der Waals surface area contributed by atoms with Crippen LogP contribution in [0.4, 0.5) is 0 Å². The fourth-order valence-electron chi connectivity index (χ4n) is 0.642. The summed E-state index contributed by atoms with van der Waals surface area (Å²) in [5, 5.41) is 0. The quantitative estimate of drug-likeness (QED) is 0.410. The van der Waals surface area contributed by atoms with Gasteiger partial charge in [0.2, 0.25) is 0 Å². The lowest BCUT2D eigenvalue weighted by molar-refractivity contribution is -0.140. The number of carbonyl (C=O) groups is 1. The second kappa shape index (κ2) is 5.02. The third-order valence-electron chi connectivity index (χ3n) is 1.73. The molecule has 0 radical (unpaired) electrons. The first-order valence-corrected chi connectivity index (χ1v) is 4.46. The SMILES string of the molecule is C=C(C(=O)OCCCN)C(C)(C)C. The van der Waals surface area contributed by atoms with Gasteiger partial charge in [0.1, 0.15) is 0 Å². The molecule has 13 heavy (non-hydrogen) atoms. The highest BCUT2D eigenvalue weighted by atomic mass is 16.5. The van der Waals surface area contributed by atoms with E-state index in [0.29, 0.717) is 25.1 Å².